The second-order valence-electron chi connectivity index (χ2n) is 3.45. The molecule has 1 amide bonds. The van der Waals surface area contributed by atoms with Crippen LogP contribution in [-0.2, 0) is 0 Å². The zero-order chi connectivity index (χ0) is 11.4. The average molecular weight is 235 g/mol. The Hall–Kier alpha value is -1.61. The number of hydrogen-bond donors (Lipinski definition) is 1. The summed E-state index contributed by atoms with van der Waals surface area (Å²) in [5, 5.41) is 3.31. The van der Waals surface area contributed by atoms with Gasteiger partial charge in [-0.1, -0.05) is 23.8 Å². The van der Waals surface area contributed by atoms with Gasteiger partial charge in [-0.15, -0.1) is 0 Å². The molecule has 82 valence electrons. The molecular formula is C12H11ClN2O. The normalized spacial score (nSPS) is 14.4. The van der Waals surface area contributed by atoms with Crippen LogP contribution in [0.15, 0.2) is 42.3 Å². The molecule has 16 heavy (non-hydrogen) atoms. The molecule has 3 nitrogen and oxygen atoms in total. The second kappa shape index (κ2) is 4.94. The van der Waals surface area contributed by atoms with Crippen molar-refractivity contribution >= 4 is 17.5 Å². The predicted molar refractivity (Wildman–Crippen MR) is 63.2 cm³/mol. The predicted octanol–water partition coefficient (Wildman–Crippen LogP) is 2.70. The van der Waals surface area contributed by atoms with Gasteiger partial charge in [0.05, 0.1) is 5.02 Å². The van der Waals surface area contributed by atoms with Crippen molar-refractivity contribution in [1.29, 1.82) is 0 Å². The van der Waals surface area contributed by atoms with Gasteiger partial charge >= 0.3 is 0 Å². The highest BCUT2D eigenvalue weighted by atomic mass is 35.5. The lowest BCUT2D eigenvalue weighted by molar-refractivity contribution is 0.0962. The zero-order valence-electron chi connectivity index (χ0n) is 8.61. The van der Waals surface area contributed by atoms with Crippen molar-refractivity contribution < 1.29 is 4.79 Å². The Labute approximate surface area is 98.8 Å². The van der Waals surface area contributed by atoms with E-state index in [2.05, 4.69) is 10.3 Å². The molecule has 0 aromatic carbocycles. The Kier molecular flexibility index (Phi) is 3.37. The first-order chi connectivity index (χ1) is 7.75. The largest absolute Gasteiger partial charge is 0.321 e. The summed E-state index contributed by atoms with van der Waals surface area (Å²) in [6.45, 7) is 0. The Bertz CT molecular complexity index is 449. The number of nitrogens with zero attached hydrogens (tertiary/aromatic N) is 1. The molecule has 1 N–H and O–H groups in total. The summed E-state index contributed by atoms with van der Waals surface area (Å²) < 4.78 is 0. The number of nitrogens with one attached hydrogen (secondary N) is 1. The monoisotopic (exact) mass is 234 g/mol. The third-order valence-corrected chi connectivity index (χ3v) is 2.44. The summed E-state index contributed by atoms with van der Waals surface area (Å²) in [5.41, 5.74) is 1.19. The number of rotatable bonds is 2. The molecule has 1 heterocycles. The molecule has 1 aromatic heterocycles. The minimum absolute atomic E-state index is 0.213. The smallest absolute Gasteiger partial charge is 0.274 e. The molecule has 0 spiro atoms. The van der Waals surface area contributed by atoms with Gasteiger partial charge in [0.15, 0.2) is 0 Å². The van der Waals surface area contributed by atoms with Gasteiger partial charge in [-0.05, 0) is 31.1 Å². The van der Waals surface area contributed by atoms with E-state index in [1.54, 1.807) is 12.1 Å². The van der Waals surface area contributed by atoms with Gasteiger partial charge in [0.1, 0.15) is 5.69 Å². The van der Waals surface area contributed by atoms with Crippen LogP contribution in [0.25, 0.3) is 0 Å². The first-order valence-corrected chi connectivity index (χ1v) is 5.43. The molecule has 0 radical (unpaired) electrons. The first kappa shape index (κ1) is 10.9. The van der Waals surface area contributed by atoms with E-state index in [4.69, 9.17) is 11.6 Å². The van der Waals surface area contributed by atoms with Gasteiger partial charge in [-0.25, -0.2) is 4.98 Å². The molecule has 0 fully saturated rings. The number of pyridine rings is 1. The average Bonchev–Trinajstić information content (AvgIpc) is 2.31. The number of carbonyl (C=O) groups is 1. The topological polar surface area (TPSA) is 42.0 Å². The summed E-state index contributed by atoms with van der Waals surface area (Å²) in [7, 11) is 0. The lowest BCUT2D eigenvalue weighted by Crippen LogP contribution is -2.23. The van der Waals surface area contributed by atoms with E-state index < -0.39 is 0 Å². The maximum Gasteiger partial charge on any atom is 0.274 e. The maximum absolute atomic E-state index is 11.7. The molecule has 1 aromatic rings. The standard InChI is InChI=1S/C12H11ClN2O/c13-9-6-7-11(14-8-9)12(16)15-10-4-2-1-3-5-10/h2,4-8H,1,3H2,(H,15,16). The second-order valence-corrected chi connectivity index (χ2v) is 3.89. The van der Waals surface area contributed by atoms with Gasteiger partial charge in [-0.3, -0.25) is 4.79 Å². The van der Waals surface area contributed by atoms with Crippen molar-refractivity contribution in [3.8, 4) is 0 Å². The van der Waals surface area contributed by atoms with Crippen LogP contribution < -0.4 is 5.32 Å². The maximum atomic E-state index is 11.7. The van der Waals surface area contributed by atoms with Crippen molar-refractivity contribution in [3.05, 3.63) is 53.0 Å². The Morgan fingerprint density at radius 1 is 1.38 bits per heavy atom. The summed E-state index contributed by atoms with van der Waals surface area (Å²) in [6, 6.07) is 3.25. The summed E-state index contributed by atoms with van der Waals surface area (Å²) in [5.74, 6) is -0.213. The Balaban J connectivity index is 2.05. The van der Waals surface area contributed by atoms with Gasteiger partial charge in [-0.2, -0.15) is 0 Å². The number of aromatic nitrogens is 1. The molecule has 0 saturated carbocycles. The van der Waals surface area contributed by atoms with Crippen molar-refractivity contribution in [2.24, 2.45) is 0 Å². The number of hydrogen-bond acceptors (Lipinski definition) is 2. The van der Waals surface area contributed by atoms with Gasteiger partial charge in [0, 0.05) is 11.9 Å². The van der Waals surface area contributed by atoms with E-state index in [0.29, 0.717) is 10.7 Å². The lowest BCUT2D eigenvalue weighted by atomic mass is 10.1. The molecule has 0 atom stereocenters. The Morgan fingerprint density at radius 3 is 2.88 bits per heavy atom. The molecule has 0 bridgehead atoms. The number of carbonyl (C=O) groups excluding carboxylic acids is 1. The fourth-order valence-electron chi connectivity index (χ4n) is 1.41. The fraction of sp³-hybridized carbons (Fsp3) is 0.167. The van der Waals surface area contributed by atoms with E-state index in [1.807, 2.05) is 18.2 Å². The van der Waals surface area contributed by atoms with Crippen LogP contribution in [0.5, 0.6) is 0 Å². The van der Waals surface area contributed by atoms with E-state index in [1.165, 1.54) is 6.20 Å². The summed E-state index contributed by atoms with van der Waals surface area (Å²) in [6.07, 6.45) is 9.37. The minimum Gasteiger partial charge on any atom is -0.321 e. The number of halogens is 1. The fourth-order valence-corrected chi connectivity index (χ4v) is 1.52. The van der Waals surface area contributed by atoms with Crippen LogP contribution in [0.2, 0.25) is 5.02 Å². The highest BCUT2D eigenvalue weighted by molar-refractivity contribution is 6.30. The quantitative estimate of drug-likeness (QED) is 0.855. The molecule has 4 heteroatoms. The van der Waals surface area contributed by atoms with Crippen LogP contribution in [0.3, 0.4) is 0 Å². The van der Waals surface area contributed by atoms with Crippen molar-refractivity contribution in [2.75, 3.05) is 0 Å². The Morgan fingerprint density at radius 2 is 2.25 bits per heavy atom. The lowest BCUT2D eigenvalue weighted by Gasteiger charge is -2.08. The van der Waals surface area contributed by atoms with Crippen molar-refractivity contribution in [3.63, 3.8) is 0 Å². The van der Waals surface area contributed by atoms with Crippen LogP contribution in [0, 0.1) is 0 Å². The third kappa shape index (κ3) is 2.70. The molecule has 2 rings (SSSR count). The van der Waals surface area contributed by atoms with Crippen molar-refractivity contribution in [1.82, 2.24) is 10.3 Å². The third-order valence-electron chi connectivity index (χ3n) is 2.21. The number of amides is 1. The number of allylic oxidation sites excluding steroid dienone is 3. The van der Waals surface area contributed by atoms with E-state index in [-0.39, 0.29) is 5.91 Å². The van der Waals surface area contributed by atoms with E-state index >= 15 is 0 Å². The first-order valence-electron chi connectivity index (χ1n) is 5.05. The molecular weight excluding hydrogens is 224 g/mol. The molecule has 1 aliphatic carbocycles. The van der Waals surface area contributed by atoms with Gasteiger partial charge in [0.25, 0.3) is 5.91 Å². The molecule has 1 aliphatic rings. The summed E-state index contributed by atoms with van der Waals surface area (Å²) in [4.78, 5) is 15.7. The highest BCUT2D eigenvalue weighted by Gasteiger charge is 2.08. The van der Waals surface area contributed by atoms with Gasteiger partial charge < -0.3 is 5.32 Å². The minimum atomic E-state index is -0.213. The zero-order valence-corrected chi connectivity index (χ0v) is 9.37. The van der Waals surface area contributed by atoms with E-state index in [0.717, 1.165) is 18.5 Å². The highest BCUT2D eigenvalue weighted by Crippen LogP contribution is 2.09. The van der Waals surface area contributed by atoms with E-state index in [9.17, 15) is 4.79 Å². The molecule has 0 aliphatic heterocycles. The summed E-state index contributed by atoms with van der Waals surface area (Å²) >= 11 is 5.69. The van der Waals surface area contributed by atoms with Gasteiger partial charge in [0.2, 0.25) is 0 Å². The van der Waals surface area contributed by atoms with Crippen molar-refractivity contribution in [2.45, 2.75) is 12.8 Å². The van der Waals surface area contributed by atoms with Crippen LogP contribution in [0.4, 0.5) is 0 Å². The SMILES string of the molecule is O=C(NC1=CCCC=C1)c1ccc(Cl)cn1. The van der Waals surface area contributed by atoms with Crippen LogP contribution in [-0.4, -0.2) is 10.9 Å². The van der Waals surface area contributed by atoms with Crippen LogP contribution in [0.1, 0.15) is 23.3 Å². The molecule has 0 unspecified atom stereocenters. The molecule has 0 saturated heterocycles. The van der Waals surface area contributed by atoms with Crippen LogP contribution >= 0.6 is 11.6 Å².